The Hall–Kier alpha value is -1.58. The van der Waals surface area contributed by atoms with Crippen LogP contribution in [0.3, 0.4) is 0 Å². The molecule has 27 heavy (non-hydrogen) atoms. The van der Waals surface area contributed by atoms with E-state index in [1.54, 1.807) is 0 Å². The number of nitrogens with zero attached hydrogens (tertiary/aromatic N) is 1. The van der Waals surface area contributed by atoms with Crippen molar-refractivity contribution >= 4 is 11.8 Å². The Bertz CT molecular complexity index is 601. The van der Waals surface area contributed by atoms with Crippen LogP contribution in [0.5, 0.6) is 0 Å². The number of aromatic nitrogens is 1. The summed E-state index contributed by atoms with van der Waals surface area (Å²) >= 11 is 0. The number of ether oxygens (including phenoxy) is 1. The molecular weight excluding hydrogens is 338 g/mol. The maximum Gasteiger partial charge on any atom is 0.305 e. The van der Waals surface area contributed by atoms with Crippen LogP contribution in [0.15, 0.2) is 0 Å². The molecule has 0 aliphatic carbocycles. The average molecular weight is 378 g/mol. The summed E-state index contributed by atoms with van der Waals surface area (Å²) in [5, 5.41) is 0. The molecule has 0 unspecified atom stereocenters. The fourth-order valence-electron chi connectivity index (χ4n) is 3.85. The number of unbranched alkanes of at least 4 members (excludes halogenated alkanes) is 8. The Morgan fingerprint density at radius 3 is 2.00 bits per heavy atom. The molecule has 0 saturated heterocycles. The molecule has 0 bridgehead atoms. The second-order valence-electron chi connectivity index (χ2n) is 7.67. The van der Waals surface area contributed by atoms with E-state index in [1.807, 2.05) is 20.9 Å². The molecule has 0 spiro atoms. The standard InChI is InChI=1S/C23H39NO3/c1-6-7-8-9-10-11-12-13-14-15-21(25)23-18(2)20(24(4)19(23)3)16-17-22(26)27-5/h6-17H2,1-5H3. The van der Waals surface area contributed by atoms with Gasteiger partial charge in [0, 0.05) is 30.4 Å². The summed E-state index contributed by atoms with van der Waals surface area (Å²) in [6.45, 7) is 6.25. The van der Waals surface area contributed by atoms with Crippen LogP contribution in [0.4, 0.5) is 0 Å². The lowest BCUT2D eigenvalue weighted by Gasteiger charge is -2.05. The summed E-state index contributed by atoms with van der Waals surface area (Å²) in [4.78, 5) is 24.2. The molecule has 1 aromatic rings. The number of carbonyl (C=O) groups is 2. The largest absolute Gasteiger partial charge is 0.469 e. The van der Waals surface area contributed by atoms with Crippen molar-refractivity contribution < 1.29 is 14.3 Å². The quantitative estimate of drug-likeness (QED) is 0.232. The molecule has 1 rings (SSSR count). The summed E-state index contributed by atoms with van der Waals surface area (Å²) in [6, 6.07) is 0. The van der Waals surface area contributed by atoms with Gasteiger partial charge in [-0.25, -0.2) is 0 Å². The molecule has 154 valence electrons. The first-order valence-corrected chi connectivity index (χ1v) is 10.7. The molecule has 0 amide bonds. The molecule has 0 atom stereocenters. The van der Waals surface area contributed by atoms with Crippen molar-refractivity contribution in [2.45, 2.75) is 97.8 Å². The number of methoxy groups -OCH3 is 1. The number of rotatable bonds is 14. The minimum Gasteiger partial charge on any atom is -0.469 e. The molecule has 0 aliphatic heterocycles. The number of esters is 1. The van der Waals surface area contributed by atoms with Gasteiger partial charge in [0.2, 0.25) is 0 Å². The molecule has 1 aromatic heterocycles. The smallest absolute Gasteiger partial charge is 0.305 e. The highest BCUT2D eigenvalue weighted by Gasteiger charge is 2.20. The molecule has 4 nitrogen and oxygen atoms in total. The van der Waals surface area contributed by atoms with Crippen molar-refractivity contribution in [1.29, 1.82) is 0 Å². The third-order valence-corrected chi connectivity index (χ3v) is 5.66. The Kier molecular flexibility index (Phi) is 11.1. The van der Waals surface area contributed by atoms with Gasteiger partial charge < -0.3 is 9.30 Å². The summed E-state index contributed by atoms with van der Waals surface area (Å²) in [6.07, 6.45) is 12.9. The zero-order valence-electron chi connectivity index (χ0n) is 18.2. The highest BCUT2D eigenvalue weighted by atomic mass is 16.5. The van der Waals surface area contributed by atoms with Gasteiger partial charge in [0.1, 0.15) is 0 Å². The van der Waals surface area contributed by atoms with Crippen LogP contribution in [0.1, 0.15) is 105 Å². The van der Waals surface area contributed by atoms with Crippen LogP contribution in [0.2, 0.25) is 0 Å². The third-order valence-electron chi connectivity index (χ3n) is 5.66. The van der Waals surface area contributed by atoms with E-state index in [2.05, 4.69) is 11.5 Å². The predicted molar refractivity (Wildman–Crippen MR) is 111 cm³/mol. The summed E-state index contributed by atoms with van der Waals surface area (Å²) in [5.41, 5.74) is 3.96. The van der Waals surface area contributed by atoms with Crippen LogP contribution in [0, 0.1) is 13.8 Å². The average Bonchev–Trinajstić information content (AvgIpc) is 2.87. The maximum absolute atomic E-state index is 12.7. The van der Waals surface area contributed by atoms with Crippen molar-refractivity contribution in [3.63, 3.8) is 0 Å². The maximum atomic E-state index is 12.7. The van der Waals surface area contributed by atoms with Crippen molar-refractivity contribution in [1.82, 2.24) is 4.57 Å². The lowest BCUT2D eigenvalue weighted by atomic mass is 9.99. The number of hydrogen-bond acceptors (Lipinski definition) is 3. The van der Waals surface area contributed by atoms with E-state index in [0.29, 0.717) is 19.3 Å². The van der Waals surface area contributed by atoms with Crippen molar-refractivity contribution in [2.75, 3.05) is 7.11 Å². The van der Waals surface area contributed by atoms with E-state index < -0.39 is 0 Å². The third kappa shape index (κ3) is 7.51. The van der Waals surface area contributed by atoms with E-state index >= 15 is 0 Å². The van der Waals surface area contributed by atoms with Crippen molar-refractivity contribution in [3.8, 4) is 0 Å². The Labute approximate surface area is 165 Å². The summed E-state index contributed by atoms with van der Waals surface area (Å²) in [7, 11) is 3.38. The highest BCUT2D eigenvalue weighted by molar-refractivity contribution is 5.99. The number of ketones is 1. The zero-order valence-corrected chi connectivity index (χ0v) is 18.2. The van der Waals surface area contributed by atoms with Gasteiger partial charge in [-0.2, -0.15) is 0 Å². The molecule has 0 fully saturated rings. The van der Waals surface area contributed by atoms with E-state index in [9.17, 15) is 9.59 Å². The molecule has 0 aromatic carbocycles. The minimum atomic E-state index is -0.212. The second kappa shape index (κ2) is 12.7. The van der Waals surface area contributed by atoms with Crippen LogP contribution in [-0.2, 0) is 23.0 Å². The van der Waals surface area contributed by atoms with E-state index in [-0.39, 0.29) is 11.8 Å². The van der Waals surface area contributed by atoms with Crippen LogP contribution >= 0.6 is 0 Å². The van der Waals surface area contributed by atoms with Gasteiger partial charge in [-0.3, -0.25) is 9.59 Å². The topological polar surface area (TPSA) is 48.3 Å². The monoisotopic (exact) mass is 377 g/mol. The molecule has 1 heterocycles. The Morgan fingerprint density at radius 2 is 1.44 bits per heavy atom. The van der Waals surface area contributed by atoms with Crippen molar-refractivity contribution in [3.05, 3.63) is 22.5 Å². The molecule has 0 saturated carbocycles. The minimum absolute atomic E-state index is 0.212. The fourth-order valence-corrected chi connectivity index (χ4v) is 3.85. The lowest BCUT2D eigenvalue weighted by Crippen LogP contribution is -2.06. The first-order chi connectivity index (χ1) is 12.9. The van der Waals surface area contributed by atoms with E-state index in [4.69, 9.17) is 4.74 Å². The molecule has 0 radical (unpaired) electrons. The number of hydrogen-bond donors (Lipinski definition) is 0. The summed E-state index contributed by atoms with van der Waals surface area (Å²) in [5.74, 6) is 0.0312. The van der Waals surface area contributed by atoms with Gasteiger partial charge >= 0.3 is 5.97 Å². The lowest BCUT2D eigenvalue weighted by molar-refractivity contribution is -0.140. The number of Topliss-reactive ketones (excluding diaryl/α,β-unsaturated/α-hetero) is 1. The van der Waals surface area contributed by atoms with E-state index in [1.165, 1.54) is 52.1 Å². The first-order valence-electron chi connectivity index (χ1n) is 10.7. The van der Waals surface area contributed by atoms with Gasteiger partial charge in [0.05, 0.1) is 13.5 Å². The Morgan fingerprint density at radius 1 is 0.889 bits per heavy atom. The normalized spacial score (nSPS) is 11.0. The van der Waals surface area contributed by atoms with Crippen LogP contribution < -0.4 is 0 Å². The fraction of sp³-hybridized carbons (Fsp3) is 0.739. The first kappa shape index (κ1) is 23.5. The van der Waals surface area contributed by atoms with E-state index in [0.717, 1.165) is 35.4 Å². The molecular formula is C23H39NO3. The molecule has 0 aliphatic rings. The Balaban J connectivity index is 2.45. The van der Waals surface area contributed by atoms with Gasteiger partial charge in [-0.15, -0.1) is 0 Å². The van der Waals surface area contributed by atoms with Gasteiger partial charge in [0.25, 0.3) is 0 Å². The highest BCUT2D eigenvalue weighted by Crippen LogP contribution is 2.24. The summed E-state index contributed by atoms with van der Waals surface area (Å²) < 4.78 is 6.79. The van der Waals surface area contributed by atoms with Crippen molar-refractivity contribution in [2.24, 2.45) is 7.05 Å². The van der Waals surface area contributed by atoms with Gasteiger partial charge in [-0.05, 0) is 32.3 Å². The zero-order chi connectivity index (χ0) is 20.2. The SMILES string of the molecule is CCCCCCCCCCCC(=O)c1c(C)c(CCC(=O)OC)n(C)c1C. The van der Waals surface area contributed by atoms with Crippen LogP contribution in [-0.4, -0.2) is 23.4 Å². The molecule has 4 heteroatoms. The number of carbonyl (C=O) groups excluding carboxylic acids is 2. The predicted octanol–water partition coefficient (Wildman–Crippen LogP) is 5.85. The van der Waals surface area contributed by atoms with Crippen LogP contribution in [0.25, 0.3) is 0 Å². The van der Waals surface area contributed by atoms with Gasteiger partial charge in [0.15, 0.2) is 5.78 Å². The second-order valence-corrected chi connectivity index (χ2v) is 7.67. The molecule has 0 N–H and O–H groups in total. The van der Waals surface area contributed by atoms with Gasteiger partial charge in [-0.1, -0.05) is 58.3 Å².